The van der Waals surface area contributed by atoms with Crippen LogP contribution in [0.2, 0.25) is 0 Å². The Morgan fingerprint density at radius 2 is 1.65 bits per heavy atom. The highest BCUT2D eigenvalue weighted by molar-refractivity contribution is 6.05. The summed E-state index contributed by atoms with van der Waals surface area (Å²) in [5.41, 5.74) is 1.57. The van der Waals surface area contributed by atoms with Gasteiger partial charge in [0.05, 0.1) is 12.8 Å². The summed E-state index contributed by atoms with van der Waals surface area (Å²) in [5, 5.41) is 0. The lowest BCUT2D eigenvalue weighted by molar-refractivity contribution is 0.0408. The lowest BCUT2D eigenvalue weighted by atomic mass is 10.00. The van der Waals surface area contributed by atoms with Gasteiger partial charge in [0, 0.05) is 36.8 Å². The van der Waals surface area contributed by atoms with Gasteiger partial charge in [-0.2, -0.15) is 0 Å². The van der Waals surface area contributed by atoms with E-state index < -0.39 is 17.7 Å². The summed E-state index contributed by atoms with van der Waals surface area (Å²) in [5.74, 6) is -1.58. The molecule has 1 aromatic heterocycles. The Labute approximate surface area is 215 Å². The van der Waals surface area contributed by atoms with E-state index in [9.17, 15) is 18.8 Å². The molecule has 2 heterocycles. The average Bonchev–Trinajstić information content (AvgIpc) is 2.91. The number of benzene rings is 2. The van der Waals surface area contributed by atoms with Gasteiger partial charge in [-0.15, -0.1) is 0 Å². The van der Waals surface area contributed by atoms with E-state index in [0.717, 1.165) is 5.56 Å². The highest BCUT2D eigenvalue weighted by Gasteiger charge is 2.35. The second-order valence-electron chi connectivity index (χ2n) is 9.27. The van der Waals surface area contributed by atoms with E-state index in [-0.39, 0.29) is 48.8 Å². The van der Waals surface area contributed by atoms with Gasteiger partial charge in [-0.05, 0) is 37.1 Å². The molecular formula is C28H29FN4O4. The Morgan fingerprint density at radius 1 is 0.973 bits per heavy atom. The van der Waals surface area contributed by atoms with Gasteiger partial charge in [0.1, 0.15) is 17.1 Å². The number of aromatic nitrogens is 2. The first-order valence-electron chi connectivity index (χ1n) is 12.1. The summed E-state index contributed by atoms with van der Waals surface area (Å²) in [4.78, 5) is 52.1. The maximum Gasteiger partial charge on any atom is 0.342 e. The molecule has 1 saturated heterocycles. The van der Waals surface area contributed by atoms with E-state index in [0.29, 0.717) is 17.1 Å². The van der Waals surface area contributed by atoms with Gasteiger partial charge in [-0.1, -0.05) is 44.2 Å². The predicted octanol–water partition coefficient (Wildman–Crippen LogP) is 4.18. The van der Waals surface area contributed by atoms with Crippen molar-refractivity contribution in [2.75, 3.05) is 26.7 Å². The molecule has 9 heteroatoms. The van der Waals surface area contributed by atoms with E-state index in [2.05, 4.69) is 9.97 Å². The highest BCUT2D eigenvalue weighted by Crippen LogP contribution is 2.27. The molecule has 0 bridgehead atoms. The molecule has 2 aromatic carbocycles. The topological polar surface area (TPSA) is 92.7 Å². The number of methoxy groups -OCH3 is 1. The van der Waals surface area contributed by atoms with Crippen LogP contribution in [-0.4, -0.2) is 70.3 Å². The van der Waals surface area contributed by atoms with Crippen molar-refractivity contribution in [2.45, 2.75) is 32.7 Å². The zero-order valence-corrected chi connectivity index (χ0v) is 21.3. The minimum Gasteiger partial charge on any atom is -0.465 e. The molecule has 1 atom stereocenters. The summed E-state index contributed by atoms with van der Waals surface area (Å²) < 4.78 is 18.3. The lowest BCUT2D eigenvalue weighted by Gasteiger charge is -2.40. The Kier molecular flexibility index (Phi) is 7.61. The molecule has 0 radical (unpaired) electrons. The molecule has 1 fully saturated rings. The standard InChI is InChI=1S/C28H29FN4O4/c1-17(2)23-22(28(36)37-4)24(31-25(30-23)19-8-6-5-7-9-19)27(35)32-14-15-33(18(3)16-32)26(34)20-10-12-21(29)13-11-20/h5-13,17-18H,14-16H2,1-4H3. The number of hydrogen-bond acceptors (Lipinski definition) is 6. The third kappa shape index (κ3) is 5.35. The van der Waals surface area contributed by atoms with E-state index in [1.54, 1.807) is 9.80 Å². The van der Waals surface area contributed by atoms with Crippen LogP contribution >= 0.6 is 0 Å². The molecule has 8 nitrogen and oxygen atoms in total. The van der Waals surface area contributed by atoms with E-state index in [1.807, 2.05) is 51.1 Å². The van der Waals surface area contributed by atoms with Gasteiger partial charge in [0.15, 0.2) is 5.82 Å². The average molecular weight is 505 g/mol. The number of amides is 2. The number of carbonyl (C=O) groups excluding carboxylic acids is 3. The lowest BCUT2D eigenvalue weighted by Crippen LogP contribution is -2.55. The Morgan fingerprint density at radius 3 is 2.24 bits per heavy atom. The first-order chi connectivity index (χ1) is 17.7. The van der Waals surface area contributed by atoms with Crippen LogP contribution in [0.5, 0.6) is 0 Å². The van der Waals surface area contributed by atoms with Gasteiger partial charge >= 0.3 is 5.97 Å². The smallest absolute Gasteiger partial charge is 0.342 e. The molecule has 0 spiro atoms. The Balaban J connectivity index is 1.67. The molecule has 0 saturated carbocycles. The number of ether oxygens (including phenoxy) is 1. The Hall–Kier alpha value is -4.14. The van der Waals surface area contributed by atoms with Gasteiger partial charge in [-0.3, -0.25) is 9.59 Å². The fourth-order valence-electron chi connectivity index (χ4n) is 4.42. The molecule has 2 amide bonds. The summed E-state index contributed by atoms with van der Waals surface area (Å²) >= 11 is 0. The molecule has 1 unspecified atom stereocenters. The van der Waals surface area contributed by atoms with E-state index >= 15 is 0 Å². The maximum absolute atomic E-state index is 13.8. The third-order valence-corrected chi connectivity index (χ3v) is 6.37. The SMILES string of the molecule is COC(=O)c1c(C(=O)N2CCN(C(=O)c3ccc(F)cc3)C(C)C2)nc(-c2ccccc2)nc1C(C)C. The van der Waals surface area contributed by atoms with Gasteiger partial charge in [0.25, 0.3) is 11.8 Å². The zero-order valence-electron chi connectivity index (χ0n) is 21.3. The number of carbonyl (C=O) groups is 3. The highest BCUT2D eigenvalue weighted by atomic mass is 19.1. The Bertz CT molecular complexity index is 1310. The van der Waals surface area contributed by atoms with Crippen LogP contribution in [0.15, 0.2) is 54.6 Å². The minimum atomic E-state index is -0.676. The molecule has 1 aliphatic rings. The second kappa shape index (κ2) is 10.9. The normalized spacial score (nSPS) is 15.6. The summed E-state index contributed by atoms with van der Waals surface area (Å²) in [6.07, 6.45) is 0. The molecule has 1 aliphatic heterocycles. The van der Waals surface area contributed by atoms with Crippen LogP contribution in [-0.2, 0) is 4.74 Å². The van der Waals surface area contributed by atoms with Gasteiger partial charge < -0.3 is 14.5 Å². The number of nitrogens with zero attached hydrogens (tertiary/aromatic N) is 4. The van der Waals surface area contributed by atoms with Gasteiger partial charge in [-0.25, -0.2) is 19.2 Å². The van der Waals surface area contributed by atoms with Crippen LogP contribution in [0.3, 0.4) is 0 Å². The first kappa shape index (κ1) is 25.9. The summed E-state index contributed by atoms with van der Waals surface area (Å²) in [7, 11) is 1.26. The largest absolute Gasteiger partial charge is 0.465 e. The van der Waals surface area contributed by atoms with Crippen molar-refractivity contribution in [3.63, 3.8) is 0 Å². The summed E-state index contributed by atoms with van der Waals surface area (Å²) in [6, 6.07) is 14.3. The molecule has 0 aliphatic carbocycles. The van der Waals surface area contributed by atoms with Crippen molar-refractivity contribution in [2.24, 2.45) is 0 Å². The van der Waals surface area contributed by atoms with E-state index in [4.69, 9.17) is 4.74 Å². The molecule has 3 aromatic rings. The molecule has 0 N–H and O–H groups in total. The van der Waals surface area contributed by atoms with Crippen LogP contribution in [0.1, 0.15) is 63.6 Å². The molecule has 192 valence electrons. The fourth-order valence-corrected chi connectivity index (χ4v) is 4.42. The summed E-state index contributed by atoms with van der Waals surface area (Å²) in [6.45, 7) is 6.40. The van der Waals surface area contributed by atoms with Crippen molar-refractivity contribution in [1.82, 2.24) is 19.8 Å². The minimum absolute atomic E-state index is 0.0186. The van der Waals surface area contributed by atoms with Crippen molar-refractivity contribution in [3.8, 4) is 11.4 Å². The fraction of sp³-hybridized carbons (Fsp3) is 0.321. The quantitative estimate of drug-likeness (QED) is 0.484. The van der Waals surface area contributed by atoms with Crippen molar-refractivity contribution in [1.29, 1.82) is 0 Å². The van der Waals surface area contributed by atoms with Gasteiger partial charge in [0.2, 0.25) is 0 Å². The van der Waals surface area contributed by atoms with Crippen molar-refractivity contribution in [3.05, 3.63) is 82.9 Å². The molecule has 37 heavy (non-hydrogen) atoms. The van der Waals surface area contributed by atoms with Crippen molar-refractivity contribution < 1.29 is 23.5 Å². The molecular weight excluding hydrogens is 475 g/mol. The van der Waals surface area contributed by atoms with Crippen LogP contribution in [0.25, 0.3) is 11.4 Å². The number of esters is 1. The number of halogens is 1. The van der Waals surface area contributed by atoms with Crippen LogP contribution < -0.4 is 0 Å². The maximum atomic E-state index is 13.8. The molecule has 4 rings (SSSR count). The van der Waals surface area contributed by atoms with Crippen LogP contribution in [0, 0.1) is 5.82 Å². The first-order valence-corrected chi connectivity index (χ1v) is 12.1. The predicted molar refractivity (Wildman–Crippen MR) is 136 cm³/mol. The third-order valence-electron chi connectivity index (χ3n) is 6.37. The van der Waals surface area contributed by atoms with Crippen LogP contribution in [0.4, 0.5) is 4.39 Å². The number of piperazine rings is 1. The number of rotatable bonds is 5. The monoisotopic (exact) mass is 504 g/mol. The second-order valence-corrected chi connectivity index (χ2v) is 9.27. The van der Waals surface area contributed by atoms with Crippen molar-refractivity contribution >= 4 is 17.8 Å². The van der Waals surface area contributed by atoms with E-state index in [1.165, 1.54) is 31.4 Å². The number of hydrogen-bond donors (Lipinski definition) is 0. The zero-order chi connectivity index (χ0) is 26.7.